The molecule has 5 rings (SSSR count). The molecule has 1 amide bonds. The van der Waals surface area contributed by atoms with Crippen LogP contribution in [0.2, 0.25) is 0 Å². The summed E-state index contributed by atoms with van der Waals surface area (Å²) in [5.74, 6) is 0.550. The van der Waals surface area contributed by atoms with Gasteiger partial charge in [-0.2, -0.15) is 0 Å². The summed E-state index contributed by atoms with van der Waals surface area (Å²) in [5.41, 5.74) is 13.0. The average molecular weight is 532 g/mol. The molecule has 0 saturated carbocycles. The van der Waals surface area contributed by atoms with E-state index in [2.05, 4.69) is 30.5 Å². The zero-order chi connectivity index (χ0) is 27.4. The monoisotopic (exact) mass is 531 g/mol. The van der Waals surface area contributed by atoms with Crippen molar-refractivity contribution in [2.75, 3.05) is 30.6 Å². The fourth-order valence-corrected chi connectivity index (χ4v) is 6.75. The van der Waals surface area contributed by atoms with Crippen LogP contribution in [0.25, 0.3) is 0 Å². The molecule has 7 nitrogen and oxygen atoms in total. The molecule has 8 heteroatoms. The molecule has 4 N–H and O–H groups in total. The third-order valence-corrected chi connectivity index (χ3v) is 8.31. The number of anilines is 3. The summed E-state index contributed by atoms with van der Waals surface area (Å²) in [4.78, 5) is 27.5. The van der Waals surface area contributed by atoms with E-state index < -0.39 is 5.92 Å². The van der Waals surface area contributed by atoms with Crippen molar-refractivity contribution >= 4 is 39.4 Å². The standard InChI is InChI=1S/C30H33N3O4S/c1-15-9-16(2)11-18(10-15)32-28(35)27-26(31)25-23(17-7-8-21(36-5)22(12-17)37-6)24-19(33-29(25)38-27)13-30(3,4)14-20(24)34/h7-12,23,33H,13-14,31H2,1-6H3,(H,32,35)/t23-/m0/s1. The number of methoxy groups -OCH3 is 2. The number of nitrogens with one attached hydrogen (secondary N) is 2. The van der Waals surface area contributed by atoms with Gasteiger partial charge in [0.1, 0.15) is 4.88 Å². The number of hydrogen-bond acceptors (Lipinski definition) is 7. The van der Waals surface area contributed by atoms with Crippen LogP contribution in [0, 0.1) is 19.3 Å². The zero-order valence-corrected chi connectivity index (χ0v) is 23.4. The van der Waals surface area contributed by atoms with E-state index >= 15 is 0 Å². The number of hydrogen-bond donors (Lipinski definition) is 3. The van der Waals surface area contributed by atoms with Gasteiger partial charge in [0.2, 0.25) is 0 Å². The highest BCUT2D eigenvalue weighted by atomic mass is 32.1. The van der Waals surface area contributed by atoms with Gasteiger partial charge in [0.25, 0.3) is 5.91 Å². The summed E-state index contributed by atoms with van der Waals surface area (Å²) < 4.78 is 11.0. The van der Waals surface area contributed by atoms with Crippen LogP contribution < -0.4 is 25.8 Å². The van der Waals surface area contributed by atoms with Gasteiger partial charge in [-0.25, -0.2) is 0 Å². The molecule has 0 fully saturated rings. The predicted octanol–water partition coefficient (Wildman–Crippen LogP) is 6.42. The molecule has 1 aliphatic carbocycles. The van der Waals surface area contributed by atoms with Gasteiger partial charge in [-0.1, -0.05) is 26.0 Å². The summed E-state index contributed by atoms with van der Waals surface area (Å²) in [5, 5.41) is 7.29. The molecule has 2 heterocycles. The first kappa shape index (κ1) is 25.9. The number of ether oxygens (including phenoxy) is 2. The van der Waals surface area contributed by atoms with Gasteiger partial charge in [-0.05, 0) is 66.6 Å². The van der Waals surface area contributed by atoms with Gasteiger partial charge < -0.3 is 25.8 Å². The third kappa shape index (κ3) is 4.53. The molecule has 198 valence electrons. The summed E-state index contributed by atoms with van der Waals surface area (Å²) in [6, 6.07) is 11.6. The van der Waals surface area contributed by atoms with Gasteiger partial charge in [0.15, 0.2) is 17.3 Å². The maximum atomic E-state index is 13.6. The number of nitrogen functional groups attached to an aromatic ring is 1. The number of nitrogens with two attached hydrogens (primary N) is 1. The maximum absolute atomic E-state index is 13.6. The first-order chi connectivity index (χ1) is 18.0. The highest BCUT2D eigenvalue weighted by molar-refractivity contribution is 7.19. The lowest BCUT2D eigenvalue weighted by Gasteiger charge is -2.38. The second kappa shape index (κ2) is 9.51. The van der Waals surface area contributed by atoms with Crippen LogP contribution in [-0.4, -0.2) is 25.9 Å². The van der Waals surface area contributed by atoms with Gasteiger partial charge in [0, 0.05) is 34.9 Å². The first-order valence-electron chi connectivity index (χ1n) is 12.6. The topological polar surface area (TPSA) is 103 Å². The van der Waals surface area contributed by atoms with E-state index in [9.17, 15) is 9.59 Å². The molecule has 0 unspecified atom stereocenters. The molecule has 0 saturated heterocycles. The Kier molecular flexibility index (Phi) is 6.47. The number of ketones is 1. The smallest absolute Gasteiger partial charge is 0.267 e. The number of rotatable bonds is 5. The van der Waals surface area contributed by atoms with Crippen LogP contribution >= 0.6 is 11.3 Å². The van der Waals surface area contributed by atoms with Crippen LogP contribution in [0.3, 0.4) is 0 Å². The van der Waals surface area contributed by atoms with E-state index in [0.29, 0.717) is 34.1 Å². The summed E-state index contributed by atoms with van der Waals surface area (Å²) in [6.45, 7) is 8.19. The summed E-state index contributed by atoms with van der Waals surface area (Å²) in [6.07, 6.45) is 1.16. The van der Waals surface area contributed by atoms with Crippen LogP contribution in [-0.2, 0) is 4.79 Å². The molecule has 38 heavy (non-hydrogen) atoms. The lowest BCUT2D eigenvalue weighted by atomic mass is 9.69. The highest BCUT2D eigenvalue weighted by Crippen LogP contribution is 2.54. The fraction of sp³-hybridized carbons (Fsp3) is 0.333. The summed E-state index contributed by atoms with van der Waals surface area (Å²) >= 11 is 1.32. The van der Waals surface area contributed by atoms with Crippen molar-refractivity contribution in [1.82, 2.24) is 0 Å². The Labute approximate surface area is 227 Å². The van der Waals surface area contributed by atoms with E-state index in [-0.39, 0.29) is 17.1 Å². The molecule has 3 aromatic rings. The number of carbonyl (C=O) groups is 2. The molecule has 2 aromatic carbocycles. The molecule has 2 aliphatic rings. The molecule has 0 radical (unpaired) electrons. The third-order valence-electron chi connectivity index (χ3n) is 7.17. The van der Waals surface area contributed by atoms with Crippen LogP contribution in [0.4, 0.5) is 16.4 Å². The predicted molar refractivity (Wildman–Crippen MR) is 153 cm³/mol. The number of aryl methyl sites for hydroxylation is 2. The second-order valence-corrected chi connectivity index (χ2v) is 11.9. The quantitative estimate of drug-likeness (QED) is 0.351. The van der Waals surface area contributed by atoms with Gasteiger partial charge in [-0.3, -0.25) is 9.59 Å². The molecular formula is C30H33N3O4S. The normalized spacial score (nSPS) is 17.8. The van der Waals surface area contributed by atoms with Crippen molar-refractivity contribution in [3.63, 3.8) is 0 Å². The Bertz CT molecular complexity index is 1480. The van der Waals surface area contributed by atoms with Crippen LogP contribution in [0.15, 0.2) is 47.7 Å². The van der Waals surface area contributed by atoms with Crippen molar-refractivity contribution < 1.29 is 19.1 Å². The molecule has 0 spiro atoms. The Balaban J connectivity index is 1.63. The number of benzene rings is 2. The van der Waals surface area contributed by atoms with Gasteiger partial charge in [-0.15, -0.1) is 11.3 Å². The minimum atomic E-state index is -0.427. The van der Waals surface area contributed by atoms with Gasteiger partial charge in [0.05, 0.1) is 24.9 Å². The second-order valence-electron chi connectivity index (χ2n) is 10.9. The van der Waals surface area contributed by atoms with E-state index in [1.54, 1.807) is 14.2 Å². The largest absolute Gasteiger partial charge is 0.493 e. The van der Waals surface area contributed by atoms with Crippen molar-refractivity contribution in [3.05, 3.63) is 74.8 Å². The van der Waals surface area contributed by atoms with E-state index in [1.807, 2.05) is 44.2 Å². The number of carbonyl (C=O) groups excluding carboxylic acids is 2. The van der Waals surface area contributed by atoms with Crippen LogP contribution in [0.5, 0.6) is 11.5 Å². The highest BCUT2D eigenvalue weighted by Gasteiger charge is 2.43. The molecular weight excluding hydrogens is 498 g/mol. The van der Waals surface area contributed by atoms with Crippen molar-refractivity contribution in [3.8, 4) is 11.5 Å². The van der Waals surface area contributed by atoms with Gasteiger partial charge >= 0.3 is 0 Å². The molecule has 1 atom stereocenters. The lowest BCUT2D eigenvalue weighted by Crippen LogP contribution is -2.33. The molecule has 1 aliphatic heterocycles. The van der Waals surface area contributed by atoms with Crippen molar-refractivity contribution in [2.45, 2.75) is 46.5 Å². The van der Waals surface area contributed by atoms with E-state index in [1.165, 1.54) is 11.3 Å². The number of allylic oxidation sites excluding steroid dienone is 2. The van der Waals surface area contributed by atoms with Crippen molar-refractivity contribution in [1.29, 1.82) is 0 Å². The Hall–Kier alpha value is -3.78. The summed E-state index contributed by atoms with van der Waals surface area (Å²) in [7, 11) is 3.17. The number of amides is 1. The Morgan fingerprint density at radius 3 is 2.39 bits per heavy atom. The maximum Gasteiger partial charge on any atom is 0.267 e. The Morgan fingerprint density at radius 2 is 1.74 bits per heavy atom. The number of Topliss-reactive ketones (excluding diaryl/α,β-unsaturated/α-hetero) is 1. The zero-order valence-electron chi connectivity index (χ0n) is 22.6. The fourth-order valence-electron chi connectivity index (χ4n) is 5.67. The first-order valence-corrected chi connectivity index (χ1v) is 13.4. The minimum absolute atomic E-state index is 0.0843. The lowest BCUT2D eigenvalue weighted by molar-refractivity contribution is -0.118. The minimum Gasteiger partial charge on any atom is -0.493 e. The van der Waals surface area contributed by atoms with Crippen molar-refractivity contribution in [2.24, 2.45) is 5.41 Å². The van der Waals surface area contributed by atoms with Crippen LogP contribution in [0.1, 0.15) is 64.5 Å². The SMILES string of the molecule is COc1ccc([C@H]2C3=C(CC(C)(C)CC3=O)Nc3sc(C(=O)Nc4cc(C)cc(C)c4)c(N)c32)cc1OC. The number of fused-ring (bicyclic) bond motifs is 1. The average Bonchev–Trinajstić information content (AvgIpc) is 3.16. The Morgan fingerprint density at radius 1 is 1.05 bits per heavy atom. The van der Waals surface area contributed by atoms with E-state index in [0.717, 1.165) is 45.1 Å². The van der Waals surface area contributed by atoms with E-state index in [4.69, 9.17) is 15.2 Å². The molecule has 1 aromatic heterocycles. The molecule has 0 bridgehead atoms. The number of thiophene rings is 1.